The predicted molar refractivity (Wildman–Crippen MR) is 112 cm³/mol. The van der Waals surface area contributed by atoms with Gasteiger partial charge in [0.05, 0.1) is 40.5 Å². The number of nitrogens with zero attached hydrogens (tertiary/aromatic N) is 2. The average Bonchev–Trinajstić information content (AvgIpc) is 2.92. The first kappa shape index (κ1) is 18.7. The van der Waals surface area contributed by atoms with E-state index in [2.05, 4.69) is 33.0 Å². The predicted octanol–water partition coefficient (Wildman–Crippen LogP) is 5.01. The third-order valence-electron chi connectivity index (χ3n) is 4.02. The van der Waals surface area contributed by atoms with Crippen LogP contribution >= 0.6 is 34.2 Å². The number of nitrogens with one attached hydrogen (secondary N) is 1. The van der Waals surface area contributed by atoms with Crippen LogP contribution in [0.4, 0.5) is 5.69 Å². The van der Waals surface area contributed by atoms with Crippen molar-refractivity contribution in [2.24, 2.45) is 0 Å². The summed E-state index contributed by atoms with van der Waals surface area (Å²) in [5.74, 6) is 0.181. The zero-order chi connectivity index (χ0) is 18.8. The van der Waals surface area contributed by atoms with Crippen molar-refractivity contribution >= 4 is 45.8 Å². The first-order valence-corrected chi connectivity index (χ1v) is 9.34. The summed E-state index contributed by atoms with van der Waals surface area (Å²) in [6.07, 6.45) is 0. The van der Waals surface area contributed by atoms with E-state index in [1.54, 1.807) is 12.1 Å². The number of anilines is 1. The number of carbonyl (C=O) groups excluding carboxylic acids is 1. The molecule has 1 heterocycles. The third kappa shape index (κ3) is 3.57. The van der Waals surface area contributed by atoms with Crippen LogP contribution in [-0.4, -0.2) is 22.8 Å². The Bertz CT molecular complexity index is 971. The van der Waals surface area contributed by atoms with Crippen molar-refractivity contribution in [3.63, 3.8) is 0 Å². The van der Waals surface area contributed by atoms with Gasteiger partial charge in [0.15, 0.2) is 0 Å². The van der Waals surface area contributed by atoms with E-state index in [0.717, 1.165) is 20.6 Å². The molecule has 7 heteroatoms. The Hall–Kier alpha value is -2.06. The summed E-state index contributed by atoms with van der Waals surface area (Å²) in [6.45, 7) is 3.78. The minimum Gasteiger partial charge on any atom is -0.496 e. The molecule has 0 atom stereocenters. The Balaban J connectivity index is 1.96. The molecular weight excluding hydrogens is 465 g/mol. The molecule has 2 aromatic carbocycles. The third-order valence-corrected chi connectivity index (χ3v) is 5.54. The van der Waals surface area contributed by atoms with Crippen LogP contribution in [0.25, 0.3) is 5.69 Å². The Kier molecular flexibility index (Phi) is 5.52. The summed E-state index contributed by atoms with van der Waals surface area (Å²) in [5.41, 5.74) is 3.57. The number of rotatable bonds is 4. The Morgan fingerprint density at radius 3 is 2.58 bits per heavy atom. The highest BCUT2D eigenvalue weighted by Gasteiger charge is 2.19. The largest absolute Gasteiger partial charge is 0.496 e. The van der Waals surface area contributed by atoms with Crippen LogP contribution in [-0.2, 0) is 0 Å². The van der Waals surface area contributed by atoms with E-state index in [1.165, 1.54) is 7.11 Å². The molecule has 0 fully saturated rings. The normalized spacial score (nSPS) is 10.7. The first-order valence-electron chi connectivity index (χ1n) is 7.88. The lowest BCUT2D eigenvalue weighted by Crippen LogP contribution is -2.14. The van der Waals surface area contributed by atoms with Gasteiger partial charge in [0.2, 0.25) is 0 Å². The van der Waals surface area contributed by atoms with Gasteiger partial charge in [-0.3, -0.25) is 4.79 Å². The summed E-state index contributed by atoms with van der Waals surface area (Å²) in [4.78, 5) is 12.8. The number of para-hydroxylation sites is 1. The second-order valence-electron chi connectivity index (χ2n) is 5.71. The molecule has 3 aromatic rings. The molecule has 26 heavy (non-hydrogen) atoms. The van der Waals surface area contributed by atoms with Crippen molar-refractivity contribution in [2.75, 3.05) is 12.4 Å². The molecule has 134 valence electrons. The SMILES string of the molecule is COc1cc(I)c(Cl)cc1C(=O)Nc1c(C)nn(-c2ccccc2)c1C. The van der Waals surface area contributed by atoms with Crippen molar-refractivity contribution in [1.82, 2.24) is 9.78 Å². The van der Waals surface area contributed by atoms with E-state index >= 15 is 0 Å². The Labute approximate surface area is 170 Å². The molecule has 1 N–H and O–H groups in total. The molecule has 0 aliphatic rings. The number of benzene rings is 2. The lowest BCUT2D eigenvalue weighted by molar-refractivity contribution is 0.102. The zero-order valence-corrected chi connectivity index (χ0v) is 17.4. The van der Waals surface area contributed by atoms with Gasteiger partial charge >= 0.3 is 0 Å². The number of methoxy groups -OCH3 is 1. The Morgan fingerprint density at radius 2 is 1.92 bits per heavy atom. The Morgan fingerprint density at radius 1 is 1.23 bits per heavy atom. The summed E-state index contributed by atoms with van der Waals surface area (Å²) >= 11 is 8.28. The van der Waals surface area contributed by atoms with Gasteiger partial charge in [-0.05, 0) is 60.7 Å². The van der Waals surface area contributed by atoms with Crippen molar-refractivity contribution in [1.29, 1.82) is 0 Å². The van der Waals surface area contributed by atoms with Gasteiger partial charge in [-0.2, -0.15) is 5.10 Å². The maximum Gasteiger partial charge on any atom is 0.259 e. The maximum atomic E-state index is 12.8. The standard InChI is InChI=1S/C19H17ClIN3O2/c1-11-18(12(2)24(23-11)13-7-5-4-6-8-13)22-19(25)14-9-15(20)16(21)10-17(14)26-3/h4-10H,1-3H3,(H,22,25). The molecular formula is C19H17ClIN3O2. The van der Waals surface area contributed by atoms with E-state index in [4.69, 9.17) is 16.3 Å². The fourth-order valence-corrected chi connectivity index (χ4v) is 3.30. The van der Waals surface area contributed by atoms with Gasteiger partial charge in [-0.25, -0.2) is 4.68 Å². The monoisotopic (exact) mass is 481 g/mol. The highest BCUT2D eigenvalue weighted by atomic mass is 127. The number of ether oxygens (including phenoxy) is 1. The molecule has 1 amide bonds. The summed E-state index contributed by atoms with van der Waals surface area (Å²) in [7, 11) is 1.53. The minimum atomic E-state index is -0.293. The lowest BCUT2D eigenvalue weighted by atomic mass is 10.1. The average molecular weight is 482 g/mol. The van der Waals surface area contributed by atoms with Crippen molar-refractivity contribution in [3.8, 4) is 11.4 Å². The molecule has 0 unspecified atom stereocenters. The molecule has 0 aliphatic heterocycles. The van der Waals surface area contributed by atoms with Gasteiger partial charge in [0.25, 0.3) is 5.91 Å². The lowest BCUT2D eigenvalue weighted by Gasteiger charge is -2.11. The summed E-state index contributed by atoms with van der Waals surface area (Å²) in [6, 6.07) is 13.1. The van der Waals surface area contributed by atoms with Crippen LogP contribution in [0.1, 0.15) is 21.7 Å². The summed E-state index contributed by atoms with van der Waals surface area (Å²) in [5, 5.41) is 7.99. The molecule has 0 radical (unpaired) electrons. The first-order chi connectivity index (χ1) is 12.4. The number of aromatic nitrogens is 2. The molecule has 0 aliphatic carbocycles. The van der Waals surface area contributed by atoms with Gasteiger partial charge in [0.1, 0.15) is 5.75 Å². The molecule has 3 rings (SSSR count). The van der Waals surface area contributed by atoms with E-state index in [1.807, 2.05) is 48.9 Å². The number of halogens is 2. The fourth-order valence-electron chi connectivity index (χ4n) is 2.70. The maximum absolute atomic E-state index is 12.8. The number of amides is 1. The van der Waals surface area contributed by atoms with E-state index in [9.17, 15) is 4.79 Å². The highest BCUT2D eigenvalue weighted by Crippen LogP contribution is 2.30. The van der Waals surface area contributed by atoms with E-state index in [0.29, 0.717) is 22.0 Å². The second-order valence-corrected chi connectivity index (χ2v) is 7.28. The quantitative estimate of drug-likeness (QED) is 0.533. The number of hydrogen-bond donors (Lipinski definition) is 1. The van der Waals surface area contributed by atoms with Crippen LogP contribution in [0.3, 0.4) is 0 Å². The molecule has 0 spiro atoms. The van der Waals surface area contributed by atoms with Crippen LogP contribution < -0.4 is 10.1 Å². The molecule has 1 aromatic heterocycles. The zero-order valence-electron chi connectivity index (χ0n) is 14.5. The van der Waals surface area contributed by atoms with Gasteiger partial charge in [-0.1, -0.05) is 29.8 Å². The van der Waals surface area contributed by atoms with Crippen LogP contribution in [0.5, 0.6) is 5.75 Å². The molecule has 0 saturated heterocycles. The minimum absolute atomic E-state index is 0.293. The van der Waals surface area contributed by atoms with Gasteiger partial charge in [-0.15, -0.1) is 0 Å². The van der Waals surface area contributed by atoms with Gasteiger partial charge < -0.3 is 10.1 Å². The fraction of sp³-hybridized carbons (Fsp3) is 0.158. The second kappa shape index (κ2) is 7.67. The number of aryl methyl sites for hydroxylation is 1. The van der Waals surface area contributed by atoms with Crippen molar-refractivity contribution < 1.29 is 9.53 Å². The number of carbonyl (C=O) groups is 1. The van der Waals surface area contributed by atoms with Crippen LogP contribution in [0.15, 0.2) is 42.5 Å². The smallest absolute Gasteiger partial charge is 0.259 e. The van der Waals surface area contributed by atoms with Gasteiger partial charge in [0, 0.05) is 3.57 Å². The topological polar surface area (TPSA) is 56.1 Å². The van der Waals surface area contributed by atoms with Crippen LogP contribution in [0.2, 0.25) is 5.02 Å². The molecule has 0 saturated carbocycles. The summed E-state index contributed by atoms with van der Waals surface area (Å²) < 4.78 is 7.96. The molecule has 0 bridgehead atoms. The van der Waals surface area contributed by atoms with Crippen LogP contribution in [0, 0.1) is 17.4 Å². The van der Waals surface area contributed by atoms with E-state index in [-0.39, 0.29) is 5.91 Å². The van der Waals surface area contributed by atoms with Crippen molar-refractivity contribution in [3.05, 3.63) is 68.0 Å². The number of hydrogen-bond acceptors (Lipinski definition) is 3. The highest BCUT2D eigenvalue weighted by molar-refractivity contribution is 14.1. The van der Waals surface area contributed by atoms with E-state index < -0.39 is 0 Å². The van der Waals surface area contributed by atoms with Crippen molar-refractivity contribution in [2.45, 2.75) is 13.8 Å². The molecule has 5 nitrogen and oxygen atoms in total.